The first-order valence-corrected chi connectivity index (χ1v) is 9.32. The van der Waals surface area contributed by atoms with E-state index in [1.165, 1.54) is 13.0 Å². The first-order valence-electron chi connectivity index (χ1n) is 9.32. The molecule has 0 spiro atoms. The second-order valence-corrected chi connectivity index (χ2v) is 8.80. The molecule has 5 nitrogen and oxygen atoms in total. The van der Waals surface area contributed by atoms with Crippen molar-refractivity contribution in [2.45, 2.75) is 71.2 Å². The molecule has 2 N–H and O–H groups in total. The molecular weight excluding hydrogens is 332 g/mol. The number of aliphatic hydroxyl groups excluding tert-OH is 1. The largest absolute Gasteiger partial charge is 0.459 e. The Bertz CT molecular complexity index is 608. The molecule has 0 bridgehead atoms. The molecule has 0 aliphatic heterocycles. The van der Waals surface area contributed by atoms with E-state index in [4.69, 9.17) is 4.74 Å². The van der Waals surface area contributed by atoms with Gasteiger partial charge in [-0.1, -0.05) is 32.1 Å². The third-order valence-corrected chi connectivity index (χ3v) is 6.60. The summed E-state index contributed by atoms with van der Waals surface area (Å²) in [5, 5.41) is 20.9. The van der Waals surface area contributed by atoms with Crippen molar-refractivity contribution in [1.29, 1.82) is 0 Å². The minimum atomic E-state index is -1.37. The molecule has 2 aliphatic carbocycles. The van der Waals surface area contributed by atoms with Crippen molar-refractivity contribution in [3.05, 3.63) is 24.8 Å². The number of ketones is 1. The van der Waals surface area contributed by atoms with Gasteiger partial charge in [0.05, 0.1) is 18.1 Å². The highest BCUT2D eigenvalue weighted by Gasteiger charge is 2.57. The molecule has 0 aromatic rings. The van der Waals surface area contributed by atoms with Crippen LogP contribution in [0, 0.1) is 23.2 Å². The maximum atomic E-state index is 12.4. The van der Waals surface area contributed by atoms with Gasteiger partial charge < -0.3 is 14.9 Å². The normalized spacial score (nSPS) is 39.5. The van der Waals surface area contributed by atoms with Crippen LogP contribution in [0.3, 0.4) is 0 Å². The van der Waals surface area contributed by atoms with Gasteiger partial charge in [0.15, 0.2) is 0 Å². The first kappa shape index (κ1) is 20.8. The number of esters is 1. The van der Waals surface area contributed by atoms with Crippen molar-refractivity contribution < 1.29 is 24.5 Å². The van der Waals surface area contributed by atoms with Crippen molar-refractivity contribution in [3.8, 4) is 0 Å². The molecule has 26 heavy (non-hydrogen) atoms. The van der Waals surface area contributed by atoms with E-state index in [-0.39, 0.29) is 35.4 Å². The number of carbonyl (C=O) groups is 2. The summed E-state index contributed by atoms with van der Waals surface area (Å²) < 4.78 is 5.66. The highest BCUT2D eigenvalue weighted by atomic mass is 16.6. The molecule has 0 saturated heterocycles. The number of rotatable bonds is 5. The van der Waals surface area contributed by atoms with Crippen LogP contribution in [-0.2, 0) is 14.3 Å². The van der Waals surface area contributed by atoms with Crippen molar-refractivity contribution in [2.24, 2.45) is 23.2 Å². The highest BCUT2D eigenvalue weighted by molar-refractivity contribution is 5.80. The van der Waals surface area contributed by atoms with Crippen LogP contribution < -0.4 is 0 Å². The fourth-order valence-corrected chi connectivity index (χ4v) is 4.58. The summed E-state index contributed by atoms with van der Waals surface area (Å²) in [5.74, 6) is -0.749. The van der Waals surface area contributed by atoms with E-state index in [0.29, 0.717) is 12.8 Å². The third-order valence-electron chi connectivity index (χ3n) is 6.60. The van der Waals surface area contributed by atoms with E-state index >= 15 is 0 Å². The Kier molecular flexibility index (Phi) is 5.83. The fourth-order valence-electron chi connectivity index (χ4n) is 4.58. The average Bonchev–Trinajstić information content (AvgIpc) is 2.52. The number of hydrogen-bond acceptors (Lipinski definition) is 5. The number of hydrogen-bond donors (Lipinski definition) is 2. The van der Waals surface area contributed by atoms with E-state index in [9.17, 15) is 19.8 Å². The van der Waals surface area contributed by atoms with Gasteiger partial charge in [0.1, 0.15) is 11.9 Å². The summed E-state index contributed by atoms with van der Waals surface area (Å²) >= 11 is 0. The monoisotopic (exact) mass is 364 g/mol. The summed E-state index contributed by atoms with van der Waals surface area (Å²) in [4.78, 5) is 24.6. The highest BCUT2D eigenvalue weighted by Crippen LogP contribution is 2.55. The molecule has 7 atom stereocenters. The van der Waals surface area contributed by atoms with Crippen LogP contribution in [-0.4, -0.2) is 39.8 Å². The summed E-state index contributed by atoms with van der Waals surface area (Å²) in [6, 6.07) is 0. The van der Waals surface area contributed by atoms with Crippen LogP contribution >= 0.6 is 0 Å². The maximum absolute atomic E-state index is 12.4. The summed E-state index contributed by atoms with van der Waals surface area (Å²) in [6.45, 7) is 15.0. The molecule has 2 aliphatic rings. The predicted molar refractivity (Wildman–Crippen MR) is 99.2 cm³/mol. The third kappa shape index (κ3) is 3.94. The molecule has 2 fully saturated rings. The molecule has 2 rings (SSSR count). The van der Waals surface area contributed by atoms with Crippen LogP contribution in [0.1, 0.15) is 53.4 Å². The van der Waals surface area contributed by atoms with E-state index in [1.54, 1.807) is 0 Å². The van der Waals surface area contributed by atoms with Gasteiger partial charge in [-0.25, -0.2) is 0 Å². The Labute approximate surface area is 156 Å². The quantitative estimate of drug-likeness (QED) is 0.579. The van der Waals surface area contributed by atoms with Gasteiger partial charge in [-0.05, 0) is 31.6 Å². The first-order chi connectivity index (χ1) is 11.9. The Balaban J connectivity index is 2.32. The topological polar surface area (TPSA) is 83.8 Å². The van der Waals surface area contributed by atoms with Crippen LogP contribution in [0.5, 0.6) is 0 Å². The molecule has 0 radical (unpaired) electrons. The average molecular weight is 364 g/mol. The lowest BCUT2D eigenvalue weighted by molar-refractivity contribution is -0.192. The molecule has 2 saturated carbocycles. The van der Waals surface area contributed by atoms with E-state index < -0.39 is 23.8 Å². The lowest BCUT2D eigenvalue weighted by Gasteiger charge is -2.55. The summed E-state index contributed by atoms with van der Waals surface area (Å²) in [5.41, 5.74) is -0.744. The summed E-state index contributed by atoms with van der Waals surface area (Å²) in [7, 11) is 0. The second-order valence-electron chi connectivity index (χ2n) is 8.80. The lowest BCUT2D eigenvalue weighted by Crippen LogP contribution is -2.58. The number of fused-ring (bicyclic) bond motifs is 1. The Morgan fingerprint density at radius 2 is 2.08 bits per heavy atom. The molecule has 146 valence electrons. The Morgan fingerprint density at radius 1 is 1.46 bits per heavy atom. The molecule has 5 heteroatoms. The minimum Gasteiger partial charge on any atom is -0.459 e. The standard InChI is InChI=1S/C21H32O5/c1-7-20(5,25)11-17(23)26-19-16-9-14(22)8-13(4)21(16,6)10-15(12(2)3)18(19)24/h7,13,15-16,18-19,24-25H,1-2,8-11H2,3-6H3/t13-,15+,16+,18+,19-,20?,21+/m0/s1. The van der Waals surface area contributed by atoms with Crippen molar-refractivity contribution in [2.75, 3.05) is 0 Å². The van der Waals surface area contributed by atoms with Gasteiger partial charge in [-0.3, -0.25) is 9.59 Å². The SMILES string of the molecule is C=CC(C)(O)CC(=O)O[C@@H]1[C@H](O)[C@@H](C(=C)C)C[C@@]2(C)[C@@H]1CC(=O)C[C@@H]2C. The molecule has 1 unspecified atom stereocenters. The Hall–Kier alpha value is -1.46. The van der Waals surface area contributed by atoms with Gasteiger partial charge in [0.2, 0.25) is 0 Å². The van der Waals surface area contributed by atoms with Crippen LogP contribution in [0.2, 0.25) is 0 Å². The zero-order chi connectivity index (χ0) is 19.9. The van der Waals surface area contributed by atoms with Crippen molar-refractivity contribution in [1.82, 2.24) is 0 Å². The minimum absolute atomic E-state index is 0.139. The maximum Gasteiger partial charge on any atom is 0.309 e. The van der Waals surface area contributed by atoms with Crippen molar-refractivity contribution in [3.63, 3.8) is 0 Å². The van der Waals surface area contributed by atoms with Crippen LogP contribution in [0.25, 0.3) is 0 Å². The number of ether oxygens (including phenoxy) is 1. The smallest absolute Gasteiger partial charge is 0.309 e. The van der Waals surface area contributed by atoms with Gasteiger partial charge in [-0.15, -0.1) is 6.58 Å². The van der Waals surface area contributed by atoms with Gasteiger partial charge >= 0.3 is 5.97 Å². The van der Waals surface area contributed by atoms with Gasteiger partial charge in [0, 0.05) is 24.7 Å². The summed E-state index contributed by atoms with van der Waals surface area (Å²) in [6.07, 6.45) is 0.898. The zero-order valence-corrected chi connectivity index (χ0v) is 16.3. The zero-order valence-electron chi connectivity index (χ0n) is 16.3. The van der Waals surface area contributed by atoms with Crippen LogP contribution in [0.4, 0.5) is 0 Å². The number of aliphatic hydroxyl groups is 2. The molecule has 0 heterocycles. The van der Waals surface area contributed by atoms with Gasteiger partial charge in [-0.2, -0.15) is 0 Å². The number of Topliss-reactive ketones (excluding diaryl/α,β-unsaturated/α-hetero) is 1. The predicted octanol–water partition coefficient (Wildman–Crippen LogP) is 2.80. The van der Waals surface area contributed by atoms with Crippen molar-refractivity contribution >= 4 is 11.8 Å². The van der Waals surface area contributed by atoms with E-state index in [2.05, 4.69) is 27.0 Å². The van der Waals surface area contributed by atoms with Gasteiger partial charge in [0.25, 0.3) is 0 Å². The van der Waals surface area contributed by atoms with Crippen LogP contribution in [0.15, 0.2) is 24.8 Å². The lowest BCUT2D eigenvalue weighted by atomic mass is 9.51. The molecule has 0 aromatic carbocycles. The molecule has 0 amide bonds. The molecular formula is C21H32O5. The Morgan fingerprint density at radius 3 is 2.62 bits per heavy atom. The molecule has 0 aromatic heterocycles. The van der Waals surface area contributed by atoms with E-state index in [0.717, 1.165) is 12.0 Å². The second kappa shape index (κ2) is 7.28. The fraction of sp³-hybridized carbons (Fsp3) is 0.714. The number of carbonyl (C=O) groups excluding carboxylic acids is 2. The van der Waals surface area contributed by atoms with E-state index in [1.807, 2.05) is 6.92 Å².